The largest absolute Gasteiger partial charge is 0.286 e. The zero-order valence-corrected chi connectivity index (χ0v) is 11.1. The van der Waals surface area contributed by atoms with Gasteiger partial charge in [-0.3, -0.25) is 10.0 Å². The van der Waals surface area contributed by atoms with Crippen molar-refractivity contribution in [3.63, 3.8) is 0 Å². The maximum Gasteiger partial charge on any atom is 0.243 e. The van der Waals surface area contributed by atoms with Gasteiger partial charge in [-0.15, -0.1) is 0 Å². The van der Waals surface area contributed by atoms with Crippen LogP contribution in [0, 0.1) is 0 Å². The minimum Gasteiger partial charge on any atom is -0.286 e. The summed E-state index contributed by atoms with van der Waals surface area (Å²) < 4.78 is 0. The second-order valence-corrected chi connectivity index (χ2v) is 4.68. The molecule has 18 heavy (non-hydrogen) atoms. The summed E-state index contributed by atoms with van der Waals surface area (Å²) in [5.41, 5.74) is 0.912. The van der Waals surface area contributed by atoms with Gasteiger partial charge in [0, 0.05) is 6.92 Å². The van der Waals surface area contributed by atoms with Crippen LogP contribution >= 0.6 is 0 Å². The molecule has 0 heterocycles. The van der Waals surface area contributed by atoms with Gasteiger partial charge in [-0.1, -0.05) is 68.9 Å². The molecule has 0 aliphatic heterocycles. The lowest BCUT2D eigenvalue weighted by atomic mass is 10.0. The van der Waals surface area contributed by atoms with Gasteiger partial charge in [0.15, 0.2) is 0 Å². The van der Waals surface area contributed by atoms with Crippen LogP contribution in [0.15, 0.2) is 30.3 Å². The molecule has 0 saturated heterocycles. The monoisotopic (exact) mass is 249 g/mol. The summed E-state index contributed by atoms with van der Waals surface area (Å²) in [7, 11) is 0. The normalized spacial score (nSPS) is 14.3. The number of carbonyl (C=O) groups excluding carboxylic acids is 1. The molecule has 1 N–H and O–H groups in total. The Labute approximate surface area is 109 Å². The van der Waals surface area contributed by atoms with Crippen molar-refractivity contribution >= 4 is 5.91 Å². The maximum absolute atomic E-state index is 10.6. The zero-order valence-electron chi connectivity index (χ0n) is 11.1. The second-order valence-electron chi connectivity index (χ2n) is 4.68. The van der Waals surface area contributed by atoms with Gasteiger partial charge in [-0.05, 0) is 5.56 Å². The molecule has 1 fully saturated rings. The van der Waals surface area contributed by atoms with E-state index in [4.69, 9.17) is 5.21 Å². The third kappa shape index (κ3) is 6.40. The predicted molar refractivity (Wildman–Crippen MR) is 72.2 cm³/mol. The Hall–Kier alpha value is -1.35. The average molecular weight is 249 g/mol. The van der Waals surface area contributed by atoms with E-state index in [1.807, 2.05) is 30.3 Å². The molecule has 100 valence electrons. The van der Waals surface area contributed by atoms with Crippen molar-refractivity contribution in [3.8, 4) is 0 Å². The van der Waals surface area contributed by atoms with Gasteiger partial charge >= 0.3 is 0 Å². The highest BCUT2D eigenvalue weighted by Gasteiger charge is 2.03. The Morgan fingerprint density at radius 3 is 1.89 bits per heavy atom. The lowest BCUT2D eigenvalue weighted by molar-refractivity contribution is -0.165. The van der Waals surface area contributed by atoms with Gasteiger partial charge in [-0.2, -0.15) is 0 Å². The summed E-state index contributed by atoms with van der Waals surface area (Å²) in [5, 5.41) is 9.75. The molecular formula is C15H23NO2. The number of hydrogen-bond donors (Lipinski definition) is 1. The molecule has 0 aromatic heterocycles. The molecule has 1 aliphatic carbocycles. The lowest BCUT2D eigenvalue weighted by Gasteiger charge is -2.11. The third-order valence-corrected chi connectivity index (χ3v) is 3.04. The first-order chi connectivity index (χ1) is 8.70. The Morgan fingerprint density at radius 2 is 1.50 bits per heavy atom. The third-order valence-electron chi connectivity index (χ3n) is 3.04. The van der Waals surface area contributed by atoms with Crippen molar-refractivity contribution in [1.29, 1.82) is 0 Å². The first-order valence-corrected chi connectivity index (χ1v) is 6.71. The fourth-order valence-electron chi connectivity index (χ4n) is 1.93. The van der Waals surface area contributed by atoms with Crippen molar-refractivity contribution in [2.24, 2.45) is 0 Å². The van der Waals surface area contributed by atoms with E-state index >= 15 is 0 Å². The molecule has 1 aromatic carbocycles. The van der Waals surface area contributed by atoms with E-state index in [9.17, 15) is 4.79 Å². The van der Waals surface area contributed by atoms with Gasteiger partial charge in [-0.25, -0.2) is 5.06 Å². The standard InChI is InChI=1S/C9H11NO2.C6H12/c1-8(11)10(12)7-9-5-3-2-4-6-9;1-2-4-6-5-3-1/h2-6,12H,7H2,1H3;1-6H2. The number of benzene rings is 1. The van der Waals surface area contributed by atoms with Crippen molar-refractivity contribution in [1.82, 2.24) is 5.06 Å². The Bertz CT molecular complexity index is 322. The van der Waals surface area contributed by atoms with Gasteiger partial charge in [0.05, 0.1) is 6.54 Å². The van der Waals surface area contributed by atoms with E-state index in [0.29, 0.717) is 5.06 Å². The Balaban J connectivity index is 0.000000225. The van der Waals surface area contributed by atoms with Crippen LogP contribution in [0.5, 0.6) is 0 Å². The van der Waals surface area contributed by atoms with Crippen LogP contribution < -0.4 is 0 Å². The number of hydroxylamine groups is 2. The number of rotatable bonds is 2. The van der Waals surface area contributed by atoms with E-state index in [1.165, 1.54) is 45.4 Å². The minimum atomic E-state index is -0.348. The first-order valence-electron chi connectivity index (χ1n) is 6.71. The molecule has 1 aromatic rings. The fraction of sp³-hybridized carbons (Fsp3) is 0.533. The quantitative estimate of drug-likeness (QED) is 0.640. The molecule has 0 atom stereocenters. The van der Waals surface area contributed by atoms with E-state index < -0.39 is 0 Å². The minimum absolute atomic E-state index is 0.246. The van der Waals surface area contributed by atoms with Crippen molar-refractivity contribution in [2.75, 3.05) is 0 Å². The highest BCUT2D eigenvalue weighted by atomic mass is 16.5. The van der Waals surface area contributed by atoms with Crippen LogP contribution in [0.25, 0.3) is 0 Å². The molecule has 3 heteroatoms. The van der Waals surface area contributed by atoms with E-state index in [0.717, 1.165) is 5.56 Å². The van der Waals surface area contributed by atoms with Gasteiger partial charge in [0.1, 0.15) is 0 Å². The van der Waals surface area contributed by atoms with Gasteiger partial charge in [0.25, 0.3) is 0 Å². The molecule has 1 aliphatic rings. The van der Waals surface area contributed by atoms with E-state index in [1.54, 1.807) is 0 Å². The molecule has 3 nitrogen and oxygen atoms in total. The van der Waals surface area contributed by atoms with E-state index in [-0.39, 0.29) is 12.5 Å². The number of carbonyl (C=O) groups is 1. The Morgan fingerprint density at radius 1 is 1.06 bits per heavy atom. The summed E-state index contributed by atoms with van der Waals surface area (Å²) in [6, 6.07) is 9.32. The molecule has 1 amide bonds. The fourth-order valence-corrected chi connectivity index (χ4v) is 1.93. The van der Waals surface area contributed by atoms with Gasteiger partial charge < -0.3 is 0 Å². The summed E-state index contributed by atoms with van der Waals surface area (Å²) in [6.07, 6.45) is 9.00. The summed E-state index contributed by atoms with van der Waals surface area (Å²) in [6.45, 7) is 1.57. The highest BCUT2D eigenvalue weighted by molar-refractivity contribution is 5.71. The van der Waals surface area contributed by atoms with Crippen molar-refractivity contribution < 1.29 is 10.0 Å². The molecule has 2 rings (SSSR count). The smallest absolute Gasteiger partial charge is 0.243 e. The molecule has 0 bridgehead atoms. The highest BCUT2D eigenvalue weighted by Crippen LogP contribution is 2.15. The summed E-state index contributed by atoms with van der Waals surface area (Å²) in [5.74, 6) is -0.348. The van der Waals surface area contributed by atoms with Crippen molar-refractivity contribution in [3.05, 3.63) is 35.9 Å². The Kier molecular flexibility index (Phi) is 7.11. The number of amides is 1. The number of nitrogens with zero attached hydrogens (tertiary/aromatic N) is 1. The summed E-state index contributed by atoms with van der Waals surface area (Å²) >= 11 is 0. The lowest BCUT2D eigenvalue weighted by Crippen LogP contribution is -2.23. The second kappa shape index (κ2) is 8.70. The van der Waals surface area contributed by atoms with Crippen LogP contribution in [0.3, 0.4) is 0 Å². The predicted octanol–water partition coefficient (Wildman–Crippen LogP) is 3.76. The van der Waals surface area contributed by atoms with Crippen LogP contribution in [0.4, 0.5) is 0 Å². The van der Waals surface area contributed by atoms with Crippen LogP contribution in [-0.4, -0.2) is 16.2 Å². The SMILES string of the molecule is C1CCCCC1.CC(=O)N(O)Cc1ccccc1. The topological polar surface area (TPSA) is 40.5 Å². The number of hydrogen-bond acceptors (Lipinski definition) is 2. The molecule has 0 unspecified atom stereocenters. The molecule has 0 spiro atoms. The van der Waals surface area contributed by atoms with Crippen molar-refractivity contribution in [2.45, 2.75) is 52.0 Å². The van der Waals surface area contributed by atoms with Crippen LogP contribution in [0.1, 0.15) is 51.0 Å². The molecular weight excluding hydrogens is 226 g/mol. The van der Waals surface area contributed by atoms with Gasteiger partial charge in [0.2, 0.25) is 5.91 Å². The first kappa shape index (κ1) is 14.7. The zero-order chi connectivity index (χ0) is 13.2. The average Bonchev–Trinajstić information content (AvgIpc) is 2.42. The van der Waals surface area contributed by atoms with Crippen LogP contribution in [-0.2, 0) is 11.3 Å². The summed E-state index contributed by atoms with van der Waals surface area (Å²) in [4.78, 5) is 10.6. The van der Waals surface area contributed by atoms with E-state index in [2.05, 4.69) is 0 Å². The molecule has 1 saturated carbocycles. The molecule has 0 radical (unpaired) electrons. The maximum atomic E-state index is 10.6. The van der Waals surface area contributed by atoms with Crippen LogP contribution in [0.2, 0.25) is 0 Å².